The predicted octanol–water partition coefficient (Wildman–Crippen LogP) is 0.730. The van der Waals surface area contributed by atoms with Crippen molar-refractivity contribution in [1.29, 1.82) is 0 Å². The molecule has 1 aromatic heterocycles. The molecule has 1 aliphatic rings. The second kappa shape index (κ2) is 5.01. The Balaban J connectivity index is 2.08. The number of hydrogen-bond donors (Lipinski definition) is 1. The molecule has 1 aliphatic carbocycles. The molecular formula is C8H13BrN4O3S. The molecule has 2 rings (SSSR count). The Labute approximate surface area is 108 Å². The Morgan fingerprint density at radius 2 is 2.12 bits per heavy atom. The summed E-state index contributed by atoms with van der Waals surface area (Å²) in [4.78, 5) is 7.30. The van der Waals surface area contributed by atoms with Crippen molar-refractivity contribution in [2.24, 2.45) is 7.05 Å². The third-order valence-electron chi connectivity index (χ3n) is 2.62. The van der Waals surface area contributed by atoms with Crippen LogP contribution in [0.1, 0.15) is 25.7 Å². The zero-order chi connectivity index (χ0) is 12.5. The molecule has 1 fully saturated rings. The number of hydrogen-bond acceptors (Lipinski definition) is 5. The van der Waals surface area contributed by atoms with Crippen LogP contribution in [0.25, 0.3) is 0 Å². The lowest BCUT2D eigenvalue weighted by molar-refractivity contribution is 0.0221. The molecular weight excluding hydrogens is 312 g/mol. The maximum atomic E-state index is 11.9. The molecule has 0 aromatic carbocycles. The Kier molecular flexibility index (Phi) is 3.81. The second-order valence-electron chi connectivity index (χ2n) is 3.92. The molecule has 96 valence electrons. The highest BCUT2D eigenvalue weighted by Crippen LogP contribution is 2.22. The number of aromatic nitrogens is 3. The van der Waals surface area contributed by atoms with Crippen LogP contribution in [0.2, 0.25) is 0 Å². The van der Waals surface area contributed by atoms with Crippen LogP contribution in [-0.4, -0.2) is 29.5 Å². The van der Waals surface area contributed by atoms with Crippen LogP contribution in [0, 0.1) is 0 Å². The monoisotopic (exact) mass is 324 g/mol. The Morgan fingerprint density at radius 3 is 2.65 bits per heavy atom. The minimum absolute atomic E-state index is 0.0373. The second-order valence-corrected chi connectivity index (χ2v) is 6.23. The highest BCUT2D eigenvalue weighted by molar-refractivity contribution is 9.10. The highest BCUT2D eigenvalue weighted by Gasteiger charge is 2.26. The van der Waals surface area contributed by atoms with Gasteiger partial charge in [-0.05, 0) is 28.8 Å². The summed E-state index contributed by atoms with van der Waals surface area (Å²) in [6.45, 7) is 0. The van der Waals surface area contributed by atoms with Gasteiger partial charge < -0.3 is 0 Å². The van der Waals surface area contributed by atoms with Gasteiger partial charge in [0, 0.05) is 7.05 Å². The number of nitrogens with zero attached hydrogens (tertiary/aromatic N) is 3. The van der Waals surface area contributed by atoms with Crippen LogP contribution in [0.4, 0.5) is 0 Å². The molecule has 0 spiro atoms. The van der Waals surface area contributed by atoms with Gasteiger partial charge in [0.15, 0.2) is 4.60 Å². The smallest absolute Gasteiger partial charge is 0.282 e. The molecule has 9 heteroatoms. The molecule has 1 heterocycles. The first-order valence-electron chi connectivity index (χ1n) is 5.23. The van der Waals surface area contributed by atoms with E-state index in [4.69, 9.17) is 4.84 Å². The summed E-state index contributed by atoms with van der Waals surface area (Å²) < 4.78 is 25.2. The molecule has 1 N–H and O–H groups in total. The summed E-state index contributed by atoms with van der Waals surface area (Å²) in [7, 11) is -2.25. The van der Waals surface area contributed by atoms with Gasteiger partial charge in [0.05, 0.1) is 6.10 Å². The number of sulfonamides is 1. The molecule has 0 aliphatic heterocycles. The van der Waals surface area contributed by atoms with Crippen LogP contribution in [0.15, 0.2) is 9.63 Å². The van der Waals surface area contributed by atoms with Gasteiger partial charge in [-0.2, -0.15) is 0 Å². The van der Waals surface area contributed by atoms with E-state index in [2.05, 4.69) is 31.1 Å². The minimum atomic E-state index is -3.75. The van der Waals surface area contributed by atoms with Crippen molar-refractivity contribution < 1.29 is 13.3 Å². The van der Waals surface area contributed by atoms with Gasteiger partial charge in [0.1, 0.15) is 0 Å². The lowest BCUT2D eigenvalue weighted by Gasteiger charge is -2.11. The van der Waals surface area contributed by atoms with E-state index in [1.807, 2.05) is 0 Å². The van der Waals surface area contributed by atoms with Crippen molar-refractivity contribution in [3.05, 3.63) is 4.60 Å². The SMILES string of the molecule is Cn1nnc(Br)c1S(=O)(=O)NOC1CCCC1. The first kappa shape index (κ1) is 12.9. The maximum absolute atomic E-state index is 11.9. The summed E-state index contributed by atoms with van der Waals surface area (Å²) in [5, 5.41) is 7.18. The molecule has 7 nitrogen and oxygen atoms in total. The van der Waals surface area contributed by atoms with Gasteiger partial charge in [-0.15, -0.1) is 5.10 Å². The first-order chi connectivity index (χ1) is 8.00. The van der Waals surface area contributed by atoms with Crippen molar-refractivity contribution in [3.63, 3.8) is 0 Å². The fourth-order valence-corrected chi connectivity index (χ4v) is 3.74. The highest BCUT2D eigenvalue weighted by atomic mass is 79.9. The lowest BCUT2D eigenvalue weighted by atomic mass is 10.3. The summed E-state index contributed by atoms with van der Waals surface area (Å²) in [5.41, 5.74) is 0. The quantitative estimate of drug-likeness (QED) is 0.825. The predicted molar refractivity (Wildman–Crippen MR) is 62.4 cm³/mol. The normalized spacial score (nSPS) is 17.8. The molecule has 0 radical (unpaired) electrons. The van der Waals surface area contributed by atoms with Crippen molar-refractivity contribution >= 4 is 26.0 Å². The molecule has 0 bridgehead atoms. The van der Waals surface area contributed by atoms with E-state index < -0.39 is 10.0 Å². The van der Waals surface area contributed by atoms with Crippen LogP contribution in [0.5, 0.6) is 0 Å². The fourth-order valence-electron chi connectivity index (χ4n) is 1.79. The Bertz CT molecular complexity index is 475. The zero-order valence-electron chi connectivity index (χ0n) is 9.26. The van der Waals surface area contributed by atoms with Crippen molar-refractivity contribution in [2.45, 2.75) is 36.8 Å². The minimum Gasteiger partial charge on any atom is -0.283 e. The standard InChI is InChI=1S/C8H13BrN4O3S/c1-13-8(7(9)10-11-13)17(14,15)12-16-6-4-2-3-5-6/h6,12H,2-5H2,1H3. The molecule has 17 heavy (non-hydrogen) atoms. The van der Waals surface area contributed by atoms with E-state index in [-0.39, 0.29) is 15.7 Å². The van der Waals surface area contributed by atoms with Crippen molar-refractivity contribution in [3.8, 4) is 0 Å². The lowest BCUT2D eigenvalue weighted by Crippen LogP contribution is -2.30. The molecule has 0 amide bonds. The van der Waals surface area contributed by atoms with Gasteiger partial charge >= 0.3 is 0 Å². The van der Waals surface area contributed by atoms with E-state index in [0.29, 0.717) is 0 Å². The summed E-state index contributed by atoms with van der Waals surface area (Å²) in [6.07, 6.45) is 3.87. The van der Waals surface area contributed by atoms with E-state index in [9.17, 15) is 8.42 Å². The Hall–Kier alpha value is -0.510. The summed E-state index contributed by atoms with van der Waals surface area (Å²) in [5.74, 6) is 0. The van der Waals surface area contributed by atoms with Crippen molar-refractivity contribution in [1.82, 2.24) is 19.9 Å². The zero-order valence-corrected chi connectivity index (χ0v) is 11.7. The third-order valence-corrected chi connectivity index (χ3v) is 4.70. The molecule has 0 atom stereocenters. The third kappa shape index (κ3) is 2.84. The molecule has 0 saturated heterocycles. The van der Waals surface area contributed by atoms with Crippen LogP contribution >= 0.6 is 15.9 Å². The topological polar surface area (TPSA) is 86.1 Å². The van der Waals surface area contributed by atoms with E-state index in [0.717, 1.165) is 25.7 Å². The molecule has 1 aromatic rings. The van der Waals surface area contributed by atoms with Gasteiger partial charge in [0.25, 0.3) is 10.0 Å². The summed E-state index contributed by atoms with van der Waals surface area (Å²) >= 11 is 3.04. The van der Waals surface area contributed by atoms with E-state index >= 15 is 0 Å². The average molecular weight is 325 g/mol. The van der Waals surface area contributed by atoms with Gasteiger partial charge in [-0.1, -0.05) is 22.9 Å². The molecule has 0 unspecified atom stereocenters. The first-order valence-corrected chi connectivity index (χ1v) is 7.51. The van der Waals surface area contributed by atoms with E-state index in [1.54, 1.807) is 0 Å². The van der Waals surface area contributed by atoms with Crippen molar-refractivity contribution in [2.75, 3.05) is 0 Å². The van der Waals surface area contributed by atoms with Gasteiger partial charge in [-0.25, -0.2) is 13.1 Å². The number of rotatable bonds is 4. The van der Waals surface area contributed by atoms with E-state index in [1.165, 1.54) is 11.7 Å². The maximum Gasteiger partial charge on any atom is 0.282 e. The number of aryl methyl sites for hydroxylation is 1. The van der Waals surface area contributed by atoms with Crippen LogP contribution in [-0.2, 0) is 21.9 Å². The molecule has 1 saturated carbocycles. The van der Waals surface area contributed by atoms with Gasteiger partial charge in [-0.3, -0.25) is 4.84 Å². The Morgan fingerprint density at radius 1 is 1.47 bits per heavy atom. The van der Waals surface area contributed by atoms with Crippen LogP contribution in [0.3, 0.4) is 0 Å². The largest absolute Gasteiger partial charge is 0.283 e. The van der Waals surface area contributed by atoms with Crippen LogP contribution < -0.4 is 4.89 Å². The average Bonchev–Trinajstić information content (AvgIpc) is 2.86. The van der Waals surface area contributed by atoms with Gasteiger partial charge in [0.2, 0.25) is 5.03 Å². The summed E-state index contributed by atoms with van der Waals surface area (Å²) in [6, 6.07) is 0. The fraction of sp³-hybridized carbons (Fsp3) is 0.750. The number of halogens is 1. The number of nitrogens with one attached hydrogen (secondary N) is 1.